The van der Waals surface area contributed by atoms with Crippen LogP contribution in [-0.4, -0.2) is 37.9 Å². The average molecular weight is 312 g/mol. The summed E-state index contributed by atoms with van der Waals surface area (Å²) in [4.78, 5) is 22.3. The van der Waals surface area contributed by atoms with Gasteiger partial charge in [-0.3, -0.25) is 4.79 Å². The fourth-order valence-corrected chi connectivity index (χ4v) is 3.09. The quantitative estimate of drug-likeness (QED) is 0.605. The zero-order valence-corrected chi connectivity index (χ0v) is 12.3. The SMILES string of the molecule is CC(=O)NC=CSc1c(O)c2n(c1C(=O)O)CC2C(C)O. The predicted molar refractivity (Wildman–Crippen MR) is 76.3 cm³/mol. The third-order valence-electron chi connectivity index (χ3n) is 3.29. The molecule has 0 radical (unpaired) electrons. The Morgan fingerprint density at radius 3 is 2.71 bits per heavy atom. The van der Waals surface area contributed by atoms with Gasteiger partial charge in [0.1, 0.15) is 5.69 Å². The van der Waals surface area contributed by atoms with Gasteiger partial charge in [0.05, 0.1) is 16.7 Å². The highest BCUT2D eigenvalue weighted by Crippen LogP contribution is 2.48. The van der Waals surface area contributed by atoms with Crippen molar-refractivity contribution in [2.24, 2.45) is 0 Å². The van der Waals surface area contributed by atoms with E-state index in [2.05, 4.69) is 5.32 Å². The lowest BCUT2D eigenvalue weighted by molar-refractivity contribution is -0.118. The molecule has 0 spiro atoms. The fourth-order valence-electron chi connectivity index (χ4n) is 2.29. The molecular weight excluding hydrogens is 296 g/mol. The van der Waals surface area contributed by atoms with Crippen molar-refractivity contribution < 1.29 is 24.9 Å². The van der Waals surface area contributed by atoms with Crippen LogP contribution in [0.5, 0.6) is 5.75 Å². The summed E-state index contributed by atoms with van der Waals surface area (Å²) in [5, 5.41) is 33.0. The molecule has 0 bridgehead atoms. The second kappa shape index (κ2) is 5.82. The maximum Gasteiger partial charge on any atom is 0.353 e. The molecule has 2 atom stereocenters. The van der Waals surface area contributed by atoms with E-state index in [9.17, 15) is 24.9 Å². The summed E-state index contributed by atoms with van der Waals surface area (Å²) in [5.41, 5.74) is 0.440. The molecule has 0 aromatic carbocycles. The lowest BCUT2D eigenvalue weighted by Gasteiger charge is -2.32. The Labute approximate surface area is 125 Å². The van der Waals surface area contributed by atoms with Crippen LogP contribution >= 0.6 is 11.8 Å². The Kier molecular flexibility index (Phi) is 4.29. The standard InChI is InChI=1S/C13H16N2O5S/c1-6(16)8-5-15-9(8)11(18)12(10(15)13(19)20)21-4-3-14-7(2)17/h3-4,6,8,16,18H,5H2,1-2H3,(H,14,17)(H,19,20). The molecule has 7 nitrogen and oxygen atoms in total. The van der Waals surface area contributed by atoms with Gasteiger partial charge in [-0.1, -0.05) is 11.8 Å². The first-order valence-electron chi connectivity index (χ1n) is 6.30. The van der Waals surface area contributed by atoms with Gasteiger partial charge in [0.15, 0.2) is 5.75 Å². The maximum absolute atomic E-state index is 11.4. The van der Waals surface area contributed by atoms with E-state index < -0.39 is 12.1 Å². The number of carbonyl (C=O) groups is 2. The lowest BCUT2D eigenvalue weighted by atomic mass is 9.93. The van der Waals surface area contributed by atoms with Crippen molar-refractivity contribution in [2.45, 2.75) is 37.3 Å². The highest BCUT2D eigenvalue weighted by molar-refractivity contribution is 8.02. The van der Waals surface area contributed by atoms with Crippen LogP contribution in [0, 0.1) is 0 Å². The van der Waals surface area contributed by atoms with Crippen LogP contribution in [0.1, 0.15) is 35.9 Å². The third-order valence-corrected chi connectivity index (χ3v) is 4.18. The zero-order valence-electron chi connectivity index (χ0n) is 11.5. The number of thioether (sulfide) groups is 1. The minimum absolute atomic E-state index is 0.00289. The van der Waals surface area contributed by atoms with Gasteiger partial charge in [0, 0.05) is 25.6 Å². The van der Waals surface area contributed by atoms with Crippen LogP contribution in [-0.2, 0) is 11.3 Å². The van der Waals surface area contributed by atoms with Gasteiger partial charge in [0.2, 0.25) is 5.91 Å². The first kappa shape index (κ1) is 15.5. The summed E-state index contributed by atoms with van der Waals surface area (Å²) in [6, 6.07) is 0. The van der Waals surface area contributed by atoms with Gasteiger partial charge in [-0.25, -0.2) is 4.79 Å². The Balaban J connectivity index is 2.31. The van der Waals surface area contributed by atoms with E-state index in [0.29, 0.717) is 12.2 Å². The van der Waals surface area contributed by atoms with Gasteiger partial charge in [-0.2, -0.15) is 0 Å². The molecule has 0 aliphatic carbocycles. The molecule has 21 heavy (non-hydrogen) atoms. The van der Waals surface area contributed by atoms with Gasteiger partial charge >= 0.3 is 5.97 Å². The molecule has 1 aromatic rings. The topological polar surface area (TPSA) is 112 Å². The predicted octanol–water partition coefficient (Wildman–Crippen LogP) is 1.07. The summed E-state index contributed by atoms with van der Waals surface area (Å²) in [6.45, 7) is 3.31. The molecular formula is C13H16N2O5S. The number of aromatic hydroxyl groups is 1. The molecule has 0 saturated carbocycles. The monoisotopic (exact) mass is 312 g/mol. The molecule has 1 aromatic heterocycles. The number of rotatable bonds is 5. The fraction of sp³-hybridized carbons (Fsp3) is 0.385. The van der Waals surface area contributed by atoms with Crippen molar-refractivity contribution in [3.63, 3.8) is 0 Å². The normalized spacial score (nSPS) is 18.1. The Hall–Kier alpha value is -1.93. The first-order valence-corrected chi connectivity index (χ1v) is 7.18. The molecule has 0 saturated heterocycles. The van der Waals surface area contributed by atoms with Crippen LogP contribution in [0.25, 0.3) is 0 Å². The molecule has 2 heterocycles. The van der Waals surface area contributed by atoms with E-state index in [-0.39, 0.29) is 28.2 Å². The van der Waals surface area contributed by atoms with Crippen molar-refractivity contribution in [3.05, 3.63) is 23.0 Å². The summed E-state index contributed by atoms with van der Waals surface area (Å²) < 4.78 is 1.49. The number of carboxylic acids is 1. The first-order chi connectivity index (χ1) is 9.84. The number of aliphatic hydroxyl groups excluding tert-OH is 1. The van der Waals surface area contributed by atoms with Gasteiger partial charge < -0.3 is 25.2 Å². The number of fused-ring (bicyclic) bond motifs is 1. The summed E-state index contributed by atoms with van der Waals surface area (Å²) in [5.74, 6) is -1.78. The van der Waals surface area contributed by atoms with E-state index >= 15 is 0 Å². The number of hydrogen-bond acceptors (Lipinski definition) is 5. The second-order valence-electron chi connectivity index (χ2n) is 4.80. The van der Waals surface area contributed by atoms with E-state index in [1.54, 1.807) is 6.92 Å². The average Bonchev–Trinajstić information content (AvgIpc) is 2.53. The van der Waals surface area contributed by atoms with Crippen LogP contribution in [0.15, 0.2) is 16.5 Å². The van der Waals surface area contributed by atoms with Gasteiger partial charge in [0.25, 0.3) is 0 Å². The van der Waals surface area contributed by atoms with E-state index in [4.69, 9.17) is 0 Å². The highest BCUT2D eigenvalue weighted by Gasteiger charge is 2.40. The number of hydrogen-bond donors (Lipinski definition) is 4. The Bertz CT molecular complexity index is 621. The molecule has 2 unspecified atom stereocenters. The molecule has 2 rings (SSSR count). The highest BCUT2D eigenvalue weighted by atomic mass is 32.2. The van der Waals surface area contributed by atoms with E-state index in [1.807, 2.05) is 0 Å². The Morgan fingerprint density at radius 2 is 2.19 bits per heavy atom. The van der Waals surface area contributed by atoms with E-state index in [1.165, 1.54) is 23.1 Å². The largest absolute Gasteiger partial charge is 0.505 e. The number of amides is 1. The number of aliphatic hydroxyl groups is 1. The molecule has 0 fully saturated rings. The minimum Gasteiger partial charge on any atom is -0.505 e. The summed E-state index contributed by atoms with van der Waals surface area (Å²) in [6.07, 6.45) is 0.715. The van der Waals surface area contributed by atoms with Crippen molar-refractivity contribution in [3.8, 4) is 5.75 Å². The van der Waals surface area contributed by atoms with Crippen molar-refractivity contribution >= 4 is 23.6 Å². The molecule has 1 aliphatic heterocycles. The number of aromatic carboxylic acids is 1. The third kappa shape index (κ3) is 2.77. The van der Waals surface area contributed by atoms with Crippen molar-refractivity contribution in [2.75, 3.05) is 0 Å². The van der Waals surface area contributed by atoms with Crippen molar-refractivity contribution in [1.29, 1.82) is 0 Å². The van der Waals surface area contributed by atoms with Gasteiger partial charge in [-0.15, -0.1) is 0 Å². The molecule has 8 heteroatoms. The van der Waals surface area contributed by atoms with Crippen LogP contribution in [0.4, 0.5) is 0 Å². The molecule has 4 N–H and O–H groups in total. The summed E-state index contributed by atoms with van der Waals surface area (Å²) in [7, 11) is 0. The number of aromatic nitrogens is 1. The van der Waals surface area contributed by atoms with E-state index in [0.717, 1.165) is 11.8 Å². The van der Waals surface area contributed by atoms with Gasteiger partial charge in [-0.05, 0) is 12.3 Å². The number of carboxylic acid groups (broad SMARTS) is 1. The minimum atomic E-state index is -1.14. The number of nitrogens with zero attached hydrogens (tertiary/aromatic N) is 1. The molecule has 1 aliphatic rings. The number of carbonyl (C=O) groups excluding carboxylic acids is 1. The van der Waals surface area contributed by atoms with Crippen LogP contribution < -0.4 is 5.32 Å². The summed E-state index contributed by atoms with van der Waals surface area (Å²) >= 11 is 1.00. The number of nitrogens with one attached hydrogen (secondary N) is 1. The second-order valence-corrected chi connectivity index (χ2v) is 5.71. The van der Waals surface area contributed by atoms with Crippen LogP contribution in [0.2, 0.25) is 0 Å². The Morgan fingerprint density at radius 1 is 1.52 bits per heavy atom. The van der Waals surface area contributed by atoms with Crippen molar-refractivity contribution in [1.82, 2.24) is 9.88 Å². The van der Waals surface area contributed by atoms with Crippen LogP contribution in [0.3, 0.4) is 0 Å². The smallest absolute Gasteiger partial charge is 0.353 e. The zero-order chi connectivity index (χ0) is 15.7. The molecule has 1 amide bonds. The molecule has 114 valence electrons. The lowest BCUT2D eigenvalue weighted by Crippen LogP contribution is -2.33. The maximum atomic E-state index is 11.4.